The average molecular weight is 236 g/mol. The predicted molar refractivity (Wildman–Crippen MR) is 68.7 cm³/mol. The molecule has 0 aromatic carbocycles. The van der Waals surface area contributed by atoms with E-state index in [0.717, 1.165) is 43.7 Å². The van der Waals surface area contributed by atoms with Gasteiger partial charge in [0.25, 0.3) is 0 Å². The van der Waals surface area contributed by atoms with E-state index in [1.165, 1.54) is 12.8 Å². The van der Waals surface area contributed by atoms with Gasteiger partial charge < -0.3 is 5.11 Å². The summed E-state index contributed by atoms with van der Waals surface area (Å²) in [6, 6.07) is 0. The van der Waals surface area contributed by atoms with Crippen LogP contribution in [0, 0.1) is 5.92 Å². The minimum absolute atomic E-state index is 0.628. The van der Waals surface area contributed by atoms with E-state index in [0.29, 0.717) is 0 Å². The fraction of sp³-hybridized carbons (Fsp3) is 0.786. The Kier molecular flexibility index (Phi) is 3.87. The first kappa shape index (κ1) is 12.6. The van der Waals surface area contributed by atoms with Gasteiger partial charge in [-0.15, -0.1) is 0 Å². The number of rotatable bonds is 3. The topological polar surface area (TPSA) is 38.1 Å². The van der Waals surface area contributed by atoms with Crippen LogP contribution in [0.5, 0.6) is 0 Å². The lowest BCUT2D eigenvalue weighted by atomic mass is 9.88. The van der Waals surface area contributed by atoms with Crippen LogP contribution in [0.2, 0.25) is 0 Å². The molecule has 3 nitrogen and oxygen atoms in total. The first-order valence-electron chi connectivity index (χ1n) is 6.93. The third-order valence-electron chi connectivity index (χ3n) is 4.24. The number of aromatic nitrogens is 2. The van der Waals surface area contributed by atoms with Crippen LogP contribution in [-0.2, 0) is 12.1 Å². The van der Waals surface area contributed by atoms with Crippen molar-refractivity contribution in [3.8, 4) is 0 Å². The predicted octanol–water partition coefficient (Wildman–Crippen LogP) is 3.08. The molecule has 2 unspecified atom stereocenters. The highest BCUT2D eigenvalue weighted by molar-refractivity contribution is 5.15. The number of aryl methyl sites for hydroxylation is 1. The van der Waals surface area contributed by atoms with Crippen LogP contribution >= 0.6 is 0 Å². The van der Waals surface area contributed by atoms with Gasteiger partial charge in [0, 0.05) is 18.3 Å². The zero-order valence-electron chi connectivity index (χ0n) is 11.0. The number of aliphatic hydroxyl groups is 1. The molecule has 0 aliphatic heterocycles. The van der Waals surface area contributed by atoms with Gasteiger partial charge in [0.15, 0.2) is 0 Å². The first-order chi connectivity index (χ1) is 8.18. The number of hydrogen-bond donors (Lipinski definition) is 1. The maximum Gasteiger partial charge on any atom is 0.0927 e. The van der Waals surface area contributed by atoms with Gasteiger partial charge in [-0.3, -0.25) is 4.68 Å². The molecule has 1 aliphatic carbocycles. The van der Waals surface area contributed by atoms with Gasteiger partial charge in [-0.25, -0.2) is 0 Å². The molecule has 0 spiro atoms. The van der Waals surface area contributed by atoms with Crippen LogP contribution in [0.3, 0.4) is 0 Å². The van der Waals surface area contributed by atoms with E-state index in [9.17, 15) is 5.11 Å². The monoisotopic (exact) mass is 236 g/mol. The minimum Gasteiger partial charge on any atom is -0.385 e. The molecule has 1 heterocycles. The molecule has 3 heteroatoms. The molecule has 1 aromatic rings. The zero-order chi connectivity index (χ0) is 12.3. The Morgan fingerprint density at radius 1 is 1.41 bits per heavy atom. The third kappa shape index (κ3) is 2.71. The van der Waals surface area contributed by atoms with E-state index in [-0.39, 0.29) is 0 Å². The standard InChI is InChI=1S/C14H24N2O/c1-3-12-6-5-8-14(17,9-7-12)13-10-15-16(4-2)11-13/h10-12,17H,3-9H2,1-2H3. The molecule has 0 bridgehead atoms. The normalized spacial score (nSPS) is 30.2. The second-order valence-corrected chi connectivity index (χ2v) is 5.32. The Labute approximate surface area is 104 Å². The van der Waals surface area contributed by atoms with Gasteiger partial charge in [-0.2, -0.15) is 5.10 Å². The Hall–Kier alpha value is -0.830. The van der Waals surface area contributed by atoms with Crippen LogP contribution in [0.4, 0.5) is 0 Å². The van der Waals surface area contributed by atoms with E-state index in [1.54, 1.807) is 0 Å². The zero-order valence-corrected chi connectivity index (χ0v) is 11.0. The van der Waals surface area contributed by atoms with E-state index in [1.807, 2.05) is 17.1 Å². The maximum absolute atomic E-state index is 10.8. The van der Waals surface area contributed by atoms with Gasteiger partial charge in [-0.05, 0) is 38.5 Å². The Morgan fingerprint density at radius 3 is 2.88 bits per heavy atom. The van der Waals surface area contributed by atoms with Gasteiger partial charge in [-0.1, -0.05) is 19.8 Å². The van der Waals surface area contributed by atoms with Gasteiger partial charge in [0.1, 0.15) is 0 Å². The molecule has 1 fully saturated rings. The van der Waals surface area contributed by atoms with E-state index in [4.69, 9.17) is 0 Å². The van der Waals surface area contributed by atoms with Crippen LogP contribution in [0.25, 0.3) is 0 Å². The van der Waals surface area contributed by atoms with Crippen molar-refractivity contribution in [1.29, 1.82) is 0 Å². The lowest BCUT2D eigenvalue weighted by Gasteiger charge is -2.25. The lowest BCUT2D eigenvalue weighted by Crippen LogP contribution is -2.24. The van der Waals surface area contributed by atoms with Gasteiger partial charge in [0.05, 0.1) is 11.8 Å². The summed E-state index contributed by atoms with van der Waals surface area (Å²) < 4.78 is 1.90. The van der Waals surface area contributed by atoms with Crippen molar-refractivity contribution >= 4 is 0 Å². The van der Waals surface area contributed by atoms with Gasteiger partial charge in [0.2, 0.25) is 0 Å². The molecule has 0 saturated heterocycles. The summed E-state index contributed by atoms with van der Waals surface area (Å²) in [5.74, 6) is 0.797. The van der Waals surface area contributed by atoms with Crippen LogP contribution in [-0.4, -0.2) is 14.9 Å². The van der Waals surface area contributed by atoms with Crippen LogP contribution < -0.4 is 0 Å². The summed E-state index contributed by atoms with van der Waals surface area (Å²) in [5.41, 5.74) is 0.383. The summed E-state index contributed by atoms with van der Waals surface area (Å²) >= 11 is 0. The highest BCUT2D eigenvalue weighted by atomic mass is 16.3. The molecule has 0 amide bonds. The minimum atomic E-state index is -0.628. The van der Waals surface area contributed by atoms with Gasteiger partial charge >= 0.3 is 0 Å². The molecule has 0 radical (unpaired) electrons. The van der Waals surface area contributed by atoms with Crippen molar-refractivity contribution in [3.05, 3.63) is 18.0 Å². The van der Waals surface area contributed by atoms with Crippen LogP contribution in [0.1, 0.15) is 57.9 Å². The number of hydrogen-bond acceptors (Lipinski definition) is 2. The highest BCUT2D eigenvalue weighted by Gasteiger charge is 2.33. The Morgan fingerprint density at radius 2 is 2.24 bits per heavy atom. The molecule has 96 valence electrons. The quantitative estimate of drug-likeness (QED) is 0.819. The second-order valence-electron chi connectivity index (χ2n) is 5.32. The SMILES string of the molecule is CCC1CCCC(O)(c2cnn(CC)c2)CC1. The van der Waals surface area contributed by atoms with Crippen molar-refractivity contribution in [1.82, 2.24) is 9.78 Å². The fourth-order valence-electron chi connectivity index (χ4n) is 2.87. The summed E-state index contributed by atoms with van der Waals surface area (Å²) in [7, 11) is 0. The molecule has 1 aromatic heterocycles. The lowest BCUT2D eigenvalue weighted by molar-refractivity contribution is 0.0195. The van der Waals surface area contributed by atoms with Crippen molar-refractivity contribution in [2.75, 3.05) is 0 Å². The smallest absolute Gasteiger partial charge is 0.0927 e. The number of nitrogens with zero attached hydrogens (tertiary/aromatic N) is 2. The molecule has 2 atom stereocenters. The largest absolute Gasteiger partial charge is 0.385 e. The molecule has 1 N–H and O–H groups in total. The molecule has 1 saturated carbocycles. The Balaban J connectivity index is 2.12. The maximum atomic E-state index is 10.8. The second kappa shape index (κ2) is 5.21. The Bertz CT molecular complexity index is 361. The molecular formula is C14H24N2O. The summed E-state index contributed by atoms with van der Waals surface area (Å²) in [6.45, 7) is 5.19. The van der Waals surface area contributed by atoms with Crippen molar-refractivity contribution in [2.45, 2.75) is 64.5 Å². The molecule has 17 heavy (non-hydrogen) atoms. The highest BCUT2D eigenvalue weighted by Crippen LogP contribution is 2.38. The van der Waals surface area contributed by atoms with Crippen molar-refractivity contribution < 1.29 is 5.11 Å². The molecule has 2 rings (SSSR count). The third-order valence-corrected chi connectivity index (χ3v) is 4.24. The van der Waals surface area contributed by atoms with E-state index >= 15 is 0 Å². The molecular weight excluding hydrogens is 212 g/mol. The van der Waals surface area contributed by atoms with Crippen LogP contribution in [0.15, 0.2) is 12.4 Å². The van der Waals surface area contributed by atoms with E-state index < -0.39 is 5.60 Å². The van der Waals surface area contributed by atoms with Crippen molar-refractivity contribution in [3.63, 3.8) is 0 Å². The summed E-state index contributed by atoms with van der Waals surface area (Å²) in [4.78, 5) is 0. The average Bonchev–Trinajstić information content (AvgIpc) is 2.75. The molecule has 1 aliphatic rings. The summed E-state index contributed by atoms with van der Waals surface area (Å²) in [5, 5.41) is 15.1. The summed E-state index contributed by atoms with van der Waals surface area (Å²) in [6.07, 6.45) is 10.4. The van der Waals surface area contributed by atoms with Crippen molar-refractivity contribution in [2.24, 2.45) is 5.92 Å². The first-order valence-corrected chi connectivity index (χ1v) is 6.93. The fourth-order valence-corrected chi connectivity index (χ4v) is 2.87. The van der Waals surface area contributed by atoms with E-state index in [2.05, 4.69) is 18.9 Å².